The first-order valence-corrected chi connectivity index (χ1v) is 9.55. The number of amides is 2. The summed E-state index contributed by atoms with van der Waals surface area (Å²) in [5.41, 5.74) is 8.11. The molecule has 2 heterocycles. The summed E-state index contributed by atoms with van der Waals surface area (Å²) in [5, 5.41) is 9.03. The predicted molar refractivity (Wildman–Crippen MR) is 117 cm³/mol. The van der Waals surface area contributed by atoms with E-state index in [1.165, 1.54) is 22.7 Å². The summed E-state index contributed by atoms with van der Waals surface area (Å²) in [7, 11) is 0. The number of H-pyrrole nitrogens is 1. The van der Waals surface area contributed by atoms with Gasteiger partial charge < -0.3 is 16.0 Å². The minimum absolute atomic E-state index is 0.0386. The molecule has 0 unspecified atom stereocenters. The van der Waals surface area contributed by atoms with Gasteiger partial charge in [0.1, 0.15) is 0 Å². The molecule has 0 fully saturated rings. The summed E-state index contributed by atoms with van der Waals surface area (Å²) in [5.74, 6) is -0.799. The van der Waals surface area contributed by atoms with Crippen LogP contribution >= 0.6 is 0 Å². The lowest BCUT2D eigenvalue weighted by Crippen LogP contribution is -2.33. The number of carbonyl (C=O) groups is 2. The van der Waals surface area contributed by atoms with Crippen molar-refractivity contribution in [2.24, 2.45) is 5.73 Å². The topological polar surface area (TPSA) is 126 Å². The second kappa shape index (κ2) is 8.54. The number of aromatic amines is 1. The van der Waals surface area contributed by atoms with E-state index in [2.05, 4.69) is 15.5 Å². The number of pyridine rings is 1. The number of benzene rings is 2. The largest absolute Gasteiger partial charge is 0.368 e. The van der Waals surface area contributed by atoms with E-state index in [4.69, 9.17) is 5.73 Å². The van der Waals surface area contributed by atoms with Crippen molar-refractivity contribution in [1.82, 2.24) is 14.6 Å². The number of nitrogens with two attached hydrogens (primary N) is 1. The number of aromatic nitrogens is 3. The lowest BCUT2D eigenvalue weighted by Gasteiger charge is -2.24. The zero-order chi connectivity index (χ0) is 21.8. The highest BCUT2D eigenvalue weighted by atomic mass is 16.2. The number of hydrogen-bond donors (Lipinski definition) is 3. The first-order valence-electron chi connectivity index (χ1n) is 9.55. The van der Waals surface area contributed by atoms with Gasteiger partial charge in [-0.1, -0.05) is 36.4 Å². The summed E-state index contributed by atoms with van der Waals surface area (Å²) >= 11 is 0. The average molecular weight is 416 g/mol. The molecule has 0 saturated heterocycles. The monoisotopic (exact) mass is 416 g/mol. The third-order valence-corrected chi connectivity index (χ3v) is 4.71. The summed E-state index contributed by atoms with van der Waals surface area (Å²) in [6.07, 6.45) is 1.49. The van der Waals surface area contributed by atoms with Crippen LogP contribution in [-0.2, 0) is 11.3 Å². The Bertz CT molecular complexity index is 1300. The van der Waals surface area contributed by atoms with Gasteiger partial charge in [-0.15, -0.1) is 0 Å². The smallest absolute Gasteiger partial charge is 0.347 e. The highest BCUT2D eigenvalue weighted by Gasteiger charge is 2.13. The van der Waals surface area contributed by atoms with Crippen LogP contribution in [-0.4, -0.2) is 33.0 Å². The standard InChI is InChI=1S/C22H20N6O3/c23-19(29)14-27(13-15-5-2-1-3-6-15)18-8-4-7-17(12-18)24-21(30)16-9-10-28-20(11-16)25-26-22(28)31/h1-12H,13-14H2,(H2,23,29)(H,24,30)(H,26,31). The molecule has 0 radical (unpaired) electrons. The van der Waals surface area contributed by atoms with Crippen LogP contribution in [0, 0.1) is 0 Å². The van der Waals surface area contributed by atoms with Crippen molar-refractivity contribution in [3.05, 3.63) is 94.5 Å². The van der Waals surface area contributed by atoms with Crippen LogP contribution in [0.15, 0.2) is 77.7 Å². The highest BCUT2D eigenvalue weighted by Crippen LogP contribution is 2.22. The Balaban J connectivity index is 1.55. The van der Waals surface area contributed by atoms with Crippen LogP contribution in [0.3, 0.4) is 0 Å². The van der Waals surface area contributed by atoms with Crippen molar-refractivity contribution in [3.63, 3.8) is 0 Å². The van der Waals surface area contributed by atoms with Crippen LogP contribution in [0.2, 0.25) is 0 Å². The minimum Gasteiger partial charge on any atom is -0.368 e. The van der Waals surface area contributed by atoms with E-state index >= 15 is 0 Å². The first-order chi connectivity index (χ1) is 15.0. The van der Waals surface area contributed by atoms with E-state index in [-0.39, 0.29) is 18.1 Å². The summed E-state index contributed by atoms with van der Waals surface area (Å²) in [6, 6.07) is 20.0. The molecule has 31 heavy (non-hydrogen) atoms. The van der Waals surface area contributed by atoms with Gasteiger partial charge in [-0.2, -0.15) is 5.10 Å². The van der Waals surface area contributed by atoms with E-state index in [1.807, 2.05) is 41.3 Å². The van der Waals surface area contributed by atoms with Gasteiger partial charge in [0.15, 0.2) is 5.65 Å². The molecule has 9 nitrogen and oxygen atoms in total. The fraction of sp³-hybridized carbons (Fsp3) is 0.0909. The van der Waals surface area contributed by atoms with Crippen LogP contribution in [0.1, 0.15) is 15.9 Å². The zero-order valence-electron chi connectivity index (χ0n) is 16.5. The van der Waals surface area contributed by atoms with Crippen molar-refractivity contribution < 1.29 is 9.59 Å². The van der Waals surface area contributed by atoms with Crippen LogP contribution in [0.25, 0.3) is 5.65 Å². The summed E-state index contributed by atoms with van der Waals surface area (Å²) in [6.45, 7) is 0.530. The molecule has 0 bridgehead atoms. The second-order valence-corrected chi connectivity index (χ2v) is 6.98. The van der Waals surface area contributed by atoms with E-state index < -0.39 is 5.91 Å². The molecule has 0 aliphatic heterocycles. The lowest BCUT2D eigenvalue weighted by atomic mass is 10.1. The molecule has 0 saturated carbocycles. The molecule has 9 heteroatoms. The van der Waals surface area contributed by atoms with Gasteiger partial charge in [0, 0.05) is 29.7 Å². The number of hydrogen-bond acceptors (Lipinski definition) is 5. The van der Waals surface area contributed by atoms with E-state index in [0.717, 1.165) is 11.3 Å². The molecule has 0 aliphatic carbocycles. The van der Waals surface area contributed by atoms with E-state index in [9.17, 15) is 14.4 Å². The fourth-order valence-corrected chi connectivity index (χ4v) is 3.26. The van der Waals surface area contributed by atoms with Crippen LogP contribution in [0.4, 0.5) is 11.4 Å². The number of nitrogens with one attached hydrogen (secondary N) is 2. The number of rotatable bonds is 7. The maximum absolute atomic E-state index is 12.7. The Morgan fingerprint density at radius 2 is 1.87 bits per heavy atom. The minimum atomic E-state index is -0.451. The molecule has 4 aromatic rings. The molecule has 156 valence electrons. The van der Waals surface area contributed by atoms with Gasteiger partial charge >= 0.3 is 5.69 Å². The molecular formula is C22H20N6O3. The molecular weight excluding hydrogens is 396 g/mol. The van der Waals surface area contributed by atoms with Gasteiger partial charge in [-0.05, 0) is 35.9 Å². The highest BCUT2D eigenvalue weighted by molar-refractivity contribution is 6.05. The number of carbonyl (C=O) groups excluding carboxylic acids is 2. The maximum atomic E-state index is 12.7. The molecule has 4 N–H and O–H groups in total. The van der Waals surface area contributed by atoms with Crippen LogP contribution < -0.4 is 21.6 Å². The molecule has 2 aromatic carbocycles. The zero-order valence-corrected chi connectivity index (χ0v) is 16.5. The maximum Gasteiger partial charge on any atom is 0.347 e. The van der Waals surface area contributed by atoms with Gasteiger partial charge in [-0.3, -0.25) is 14.0 Å². The normalized spacial score (nSPS) is 10.7. The molecule has 2 amide bonds. The van der Waals surface area contributed by atoms with Gasteiger partial charge in [0.05, 0.1) is 6.54 Å². The Labute approximate surface area is 177 Å². The lowest BCUT2D eigenvalue weighted by molar-refractivity contribution is -0.116. The summed E-state index contributed by atoms with van der Waals surface area (Å²) in [4.78, 5) is 37.7. The van der Waals surface area contributed by atoms with E-state index in [0.29, 0.717) is 23.4 Å². The Morgan fingerprint density at radius 3 is 2.65 bits per heavy atom. The molecule has 0 aliphatic rings. The number of primary amides is 1. The Morgan fingerprint density at radius 1 is 1.06 bits per heavy atom. The van der Waals surface area contributed by atoms with Crippen molar-refractivity contribution in [2.75, 3.05) is 16.8 Å². The summed E-state index contributed by atoms with van der Waals surface area (Å²) < 4.78 is 1.31. The molecule has 4 rings (SSSR count). The molecule has 0 atom stereocenters. The molecule has 2 aromatic heterocycles. The first kappa shape index (κ1) is 19.9. The quantitative estimate of drug-likeness (QED) is 0.423. The molecule has 0 spiro atoms. The third kappa shape index (κ3) is 4.61. The number of anilines is 2. The second-order valence-electron chi connectivity index (χ2n) is 6.98. The Kier molecular flexibility index (Phi) is 5.48. The van der Waals surface area contributed by atoms with Crippen LogP contribution in [0.5, 0.6) is 0 Å². The van der Waals surface area contributed by atoms with Crippen molar-refractivity contribution >= 4 is 28.8 Å². The van der Waals surface area contributed by atoms with Gasteiger partial charge in [0.25, 0.3) is 5.91 Å². The number of nitrogens with zero attached hydrogens (tertiary/aromatic N) is 3. The predicted octanol–water partition coefficient (Wildman–Crippen LogP) is 1.77. The van der Waals surface area contributed by atoms with Gasteiger partial charge in [-0.25, -0.2) is 9.89 Å². The SMILES string of the molecule is NC(=O)CN(Cc1ccccc1)c1cccc(NC(=O)c2ccn3c(=O)[nH]nc3c2)c1. The number of fused-ring (bicyclic) bond motifs is 1. The van der Waals surface area contributed by atoms with Crippen molar-refractivity contribution in [3.8, 4) is 0 Å². The third-order valence-electron chi connectivity index (χ3n) is 4.71. The van der Waals surface area contributed by atoms with E-state index in [1.54, 1.807) is 18.2 Å². The van der Waals surface area contributed by atoms with Crippen molar-refractivity contribution in [2.45, 2.75) is 6.54 Å². The average Bonchev–Trinajstić information content (AvgIpc) is 3.14. The van der Waals surface area contributed by atoms with Crippen molar-refractivity contribution in [1.29, 1.82) is 0 Å². The van der Waals surface area contributed by atoms with Gasteiger partial charge in [0.2, 0.25) is 5.91 Å². The Hall–Kier alpha value is -4.40. The fourth-order valence-electron chi connectivity index (χ4n) is 3.26.